The molecule has 2 aliphatic rings. The van der Waals surface area contributed by atoms with Crippen molar-refractivity contribution in [2.75, 3.05) is 0 Å². The van der Waals surface area contributed by atoms with E-state index < -0.39 is 0 Å². The van der Waals surface area contributed by atoms with Crippen LogP contribution in [-0.4, -0.2) is 10.7 Å². The Morgan fingerprint density at radius 1 is 0.692 bits per heavy atom. The van der Waals surface area contributed by atoms with Crippen LogP contribution < -0.4 is 0 Å². The minimum absolute atomic E-state index is 0.150. The molecule has 0 spiro atoms. The molecule has 0 aliphatic heterocycles. The molecule has 1 unspecified atom stereocenters. The summed E-state index contributed by atoms with van der Waals surface area (Å²) in [4.78, 5) is 9.69. The van der Waals surface area contributed by atoms with E-state index in [4.69, 9.17) is 4.99 Å². The van der Waals surface area contributed by atoms with E-state index >= 15 is 0 Å². The van der Waals surface area contributed by atoms with Gasteiger partial charge in [-0.25, -0.2) is 0 Å². The molecule has 1 aromatic heterocycles. The maximum absolute atomic E-state index is 5.37. The molecule has 52 heavy (non-hydrogen) atoms. The molecular formula is C50H42N2. The van der Waals surface area contributed by atoms with Gasteiger partial charge in [-0.3, -0.25) is 9.98 Å². The highest BCUT2D eigenvalue weighted by molar-refractivity contribution is 6.03. The predicted octanol–water partition coefficient (Wildman–Crippen LogP) is 12.9. The fraction of sp³-hybridized carbons (Fsp3) is 0.120. The Labute approximate surface area is 308 Å². The zero-order chi connectivity index (χ0) is 35.3. The number of hydrogen-bond donors (Lipinski definition) is 0. The molecule has 2 nitrogen and oxygen atoms in total. The fourth-order valence-electron chi connectivity index (χ4n) is 7.40. The van der Waals surface area contributed by atoms with Crippen molar-refractivity contribution in [2.24, 2.45) is 4.99 Å². The summed E-state index contributed by atoms with van der Waals surface area (Å²) in [5.74, 6) is 0.150. The number of benzene rings is 5. The van der Waals surface area contributed by atoms with Gasteiger partial charge >= 0.3 is 0 Å². The monoisotopic (exact) mass is 670 g/mol. The van der Waals surface area contributed by atoms with E-state index in [1.807, 2.05) is 18.5 Å². The number of aliphatic imine (C=N–C) groups is 1. The number of fused-ring (bicyclic) bond motifs is 2. The highest BCUT2D eigenvalue weighted by Gasteiger charge is 2.15. The summed E-state index contributed by atoms with van der Waals surface area (Å²) in [5.41, 5.74) is 18.0. The number of aryl methyl sites for hydroxylation is 1. The molecule has 0 saturated heterocycles. The maximum Gasteiger partial charge on any atom is 0.0671 e. The summed E-state index contributed by atoms with van der Waals surface area (Å²) in [6, 6.07) is 46.1. The molecule has 252 valence electrons. The highest BCUT2D eigenvalue weighted by Crippen LogP contribution is 2.34. The van der Waals surface area contributed by atoms with Crippen molar-refractivity contribution >= 4 is 29.1 Å². The first-order chi connectivity index (χ1) is 25.6. The average molecular weight is 671 g/mol. The Hall–Kier alpha value is -6.12. The van der Waals surface area contributed by atoms with Gasteiger partial charge in [0.15, 0.2) is 0 Å². The smallest absolute Gasteiger partial charge is 0.0671 e. The quantitative estimate of drug-likeness (QED) is 0.148. The van der Waals surface area contributed by atoms with E-state index in [1.165, 1.54) is 50.1 Å². The third kappa shape index (κ3) is 7.06. The normalized spacial score (nSPS) is 14.6. The van der Waals surface area contributed by atoms with Gasteiger partial charge in [-0.1, -0.05) is 159 Å². The Morgan fingerprint density at radius 2 is 1.46 bits per heavy atom. The highest BCUT2D eigenvalue weighted by atomic mass is 14.8. The first-order valence-electron chi connectivity index (χ1n) is 18.3. The molecule has 0 N–H and O–H groups in total. The van der Waals surface area contributed by atoms with Crippen molar-refractivity contribution in [2.45, 2.75) is 39.0 Å². The topological polar surface area (TPSA) is 25.2 Å². The second-order valence-corrected chi connectivity index (χ2v) is 13.7. The van der Waals surface area contributed by atoms with E-state index in [1.54, 1.807) is 0 Å². The molecule has 6 aromatic rings. The maximum atomic E-state index is 5.37. The second-order valence-electron chi connectivity index (χ2n) is 13.7. The van der Waals surface area contributed by atoms with Crippen molar-refractivity contribution in [3.8, 4) is 22.3 Å². The van der Waals surface area contributed by atoms with Crippen molar-refractivity contribution in [1.82, 2.24) is 4.98 Å². The van der Waals surface area contributed by atoms with E-state index in [9.17, 15) is 0 Å². The van der Waals surface area contributed by atoms with Crippen LogP contribution in [0.3, 0.4) is 0 Å². The number of nitrogens with zero attached hydrogens (tertiary/aromatic N) is 2. The van der Waals surface area contributed by atoms with Crippen molar-refractivity contribution in [3.05, 3.63) is 209 Å². The third-order valence-electron chi connectivity index (χ3n) is 10.3. The van der Waals surface area contributed by atoms with Crippen molar-refractivity contribution in [3.63, 3.8) is 0 Å². The van der Waals surface area contributed by atoms with Gasteiger partial charge in [0.25, 0.3) is 0 Å². The number of allylic oxidation sites excluding steroid dienone is 4. The second kappa shape index (κ2) is 15.0. The molecule has 1 heterocycles. The number of hydrogen-bond acceptors (Lipinski definition) is 2. The molecule has 0 fully saturated rings. The van der Waals surface area contributed by atoms with E-state index in [0.717, 1.165) is 52.9 Å². The first kappa shape index (κ1) is 33.0. The summed E-state index contributed by atoms with van der Waals surface area (Å²) in [6.45, 7) is 4.39. The molecular weight excluding hydrogens is 629 g/mol. The molecule has 5 aromatic carbocycles. The van der Waals surface area contributed by atoms with Gasteiger partial charge in [0, 0.05) is 24.0 Å². The third-order valence-corrected chi connectivity index (χ3v) is 10.3. The SMILES string of the molecule is CC(=N/C(=C\C(C)c1ccc(C2=CCCc3ccccc32)cc1)c1ccc(-c2cccnc2)cc1)c1cccc(-c2cccc3c2C=CCC=C3)c1. The van der Waals surface area contributed by atoms with Gasteiger partial charge in [-0.15, -0.1) is 0 Å². The summed E-state index contributed by atoms with van der Waals surface area (Å²) in [5, 5.41) is 0. The van der Waals surface area contributed by atoms with Crippen LogP contribution in [0.15, 0.2) is 169 Å². The summed E-state index contributed by atoms with van der Waals surface area (Å²) in [7, 11) is 0. The van der Waals surface area contributed by atoms with Gasteiger partial charge in [0.05, 0.1) is 5.70 Å². The van der Waals surface area contributed by atoms with Crippen LogP contribution in [0.2, 0.25) is 0 Å². The summed E-state index contributed by atoms with van der Waals surface area (Å²) < 4.78 is 0. The average Bonchev–Trinajstić information content (AvgIpc) is 3.47. The standard InChI is InChI=1S/C50H42N2/c1-35(37-23-27-41(28-24-37)48-21-9-14-40-13-6-7-20-46(40)48)32-50(42-29-25-38(26-30-42)45-18-11-31-51-34-45)52-36(2)43-16-8-17-44(33-43)49-22-10-15-39-12-4-3-5-19-47(39)49/h4-8,10-13,15-35H,3,9,14H2,1-2H3/b50-32-,52-36?. The van der Waals surface area contributed by atoms with Crippen LogP contribution in [0.25, 0.3) is 45.7 Å². The molecule has 1 atom stereocenters. The van der Waals surface area contributed by atoms with E-state index in [-0.39, 0.29) is 5.92 Å². The van der Waals surface area contributed by atoms with Gasteiger partial charge in [-0.05, 0) is 111 Å². The minimum Gasteiger partial charge on any atom is -0.264 e. The number of rotatable bonds is 8. The van der Waals surface area contributed by atoms with Crippen LogP contribution in [0.5, 0.6) is 0 Å². The lowest BCUT2D eigenvalue weighted by molar-refractivity contribution is 0.964. The Morgan fingerprint density at radius 3 is 2.31 bits per heavy atom. The van der Waals surface area contributed by atoms with E-state index in [0.29, 0.717) is 0 Å². The first-order valence-corrected chi connectivity index (χ1v) is 18.3. The lowest BCUT2D eigenvalue weighted by Crippen LogP contribution is -2.01. The largest absolute Gasteiger partial charge is 0.264 e. The molecule has 8 rings (SSSR count). The van der Waals surface area contributed by atoms with Crippen LogP contribution in [0, 0.1) is 0 Å². The molecule has 0 amide bonds. The van der Waals surface area contributed by atoms with E-state index in [2.05, 4.69) is 177 Å². The molecule has 0 bridgehead atoms. The van der Waals surface area contributed by atoms with Crippen LogP contribution in [0.1, 0.15) is 77.1 Å². The summed E-state index contributed by atoms with van der Waals surface area (Å²) >= 11 is 0. The van der Waals surface area contributed by atoms with Gasteiger partial charge in [0.1, 0.15) is 0 Å². The Bertz CT molecular complexity index is 2370. The predicted molar refractivity (Wildman–Crippen MR) is 221 cm³/mol. The molecule has 0 saturated carbocycles. The van der Waals surface area contributed by atoms with Crippen LogP contribution >= 0.6 is 0 Å². The van der Waals surface area contributed by atoms with Gasteiger partial charge in [0.2, 0.25) is 0 Å². The minimum atomic E-state index is 0.150. The Balaban J connectivity index is 1.14. The fourth-order valence-corrected chi connectivity index (χ4v) is 7.40. The Kier molecular flexibility index (Phi) is 9.54. The van der Waals surface area contributed by atoms with Crippen LogP contribution in [-0.2, 0) is 6.42 Å². The van der Waals surface area contributed by atoms with Crippen molar-refractivity contribution < 1.29 is 0 Å². The zero-order valence-electron chi connectivity index (χ0n) is 29.8. The number of pyridine rings is 1. The lowest BCUT2D eigenvalue weighted by atomic mass is 9.86. The zero-order valence-corrected chi connectivity index (χ0v) is 29.8. The molecule has 2 aliphatic carbocycles. The van der Waals surface area contributed by atoms with Crippen LogP contribution in [0.4, 0.5) is 0 Å². The van der Waals surface area contributed by atoms with Crippen molar-refractivity contribution in [1.29, 1.82) is 0 Å². The molecule has 0 radical (unpaired) electrons. The summed E-state index contributed by atoms with van der Waals surface area (Å²) in [6.07, 6.45) is 20.5. The lowest BCUT2D eigenvalue weighted by Gasteiger charge is -2.19. The number of aromatic nitrogens is 1. The molecule has 2 heteroatoms. The van der Waals surface area contributed by atoms with Gasteiger partial charge in [-0.2, -0.15) is 0 Å². The van der Waals surface area contributed by atoms with Gasteiger partial charge < -0.3 is 0 Å².